The molecule has 3 aliphatic rings. The summed E-state index contributed by atoms with van der Waals surface area (Å²) in [5, 5.41) is 9.36. The highest BCUT2D eigenvalue weighted by Gasteiger charge is 2.59. The van der Waals surface area contributed by atoms with Crippen molar-refractivity contribution in [2.24, 2.45) is 5.92 Å². The first-order chi connectivity index (χ1) is 17.5. The Labute approximate surface area is 217 Å². The zero-order chi connectivity index (χ0) is 24.9. The number of ether oxygens (including phenoxy) is 2. The predicted molar refractivity (Wildman–Crippen MR) is 135 cm³/mol. The predicted octanol–water partition coefficient (Wildman–Crippen LogP) is 5.18. The van der Waals surface area contributed by atoms with Gasteiger partial charge in [0.15, 0.2) is 0 Å². The van der Waals surface area contributed by atoms with Gasteiger partial charge in [0.2, 0.25) is 0 Å². The van der Waals surface area contributed by atoms with E-state index in [1.165, 1.54) is 11.1 Å². The minimum absolute atomic E-state index is 0.0263. The molecular formula is C28H25BrN2O5. The molecule has 36 heavy (non-hydrogen) atoms. The Bertz CT molecular complexity index is 1300. The molecule has 1 amide bonds. The summed E-state index contributed by atoms with van der Waals surface area (Å²) >= 11 is 3.51. The number of rotatable bonds is 6. The molecule has 2 aromatic carbocycles. The van der Waals surface area contributed by atoms with Crippen LogP contribution in [0.2, 0.25) is 0 Å². The third-order valence-electron chi connectivity index (χ3n) is 7.76. The minimum Gasteiger partial charge on any atom is -0.480 e. The van der Waals surface area contributed by atoms with Crippen LogP contribution in [-0.2, 0) is 19.9 Å². The van der Waals surface area contributed by atoms with Gasteiger partial charge in [0.1, 0.15) is 23.4 Å². The van der Waals surface area contributed by atoms with Crippen LogP contribution >= 0.6 is 15.9 Å². The van der Waals surface area contributed by atoms with E-state index < -0.39 is 24.3 Å². The molecule has 184 valence electrons. The summed E-state index contributed by atoms with van der Waals surface area (Å²) in [5.41, 5.74) is 4.48. The number of pyridine rings is 1. The van der Waals surface area contributed by atoms with E-state index >= 15 is 0 Å². The van der Waals surface area contributed by atoms with E-state index in [0.29, 0.717) is 17.6 Å². The van der Waals surface area contributed by atoms with Crippen molar-refractivity contribution in [3.8, 4) is 11.1 Å². The average molecular weight is 549 g/mol. The van der Waals surface area contributed by atoms with Crippen LogP contribution < -0.4 is 0 Å². The molecule has 0 spiro atoms. The van der Waals surface area contributed by atoms with Crippen LogP contribution in [0.25, 0.3) is 11.1 Å². The van der Waals surface area contributed by atoms with Crippen LogP contribution in [0.5, 0.6) is 0 Å². The van der Waals surface area contributed by atoms with Gasteiger partial charge < -0.3 is 19.5 Å². The maximum Gasteiger partial charge on any atom is 0.410 e. The molecule has 3 aromatic rings. The summed E-state index contributed by atoms with van der Waals surface area (Å²) in [6.45, 7) is 0.348. The lowest BCUT2D eigenvalue weighted by atomic mass is 9.86. The van der Waals surface area contributed by atoms with E-state index in [-0.39, 0.29) is 24.5 Å². The Morgan fingerprint density at radius 3 is 2.39 bits per heavy atom. The lowest BCUT2D eigenvalue weighted by Crippen LogP contribution is -2.53. The number of nitrogens with zero attached hydrogens (tertiary/aromatic N) is 2. The van der Waals surface area contributed by atoms with E-state index in [9.17, 15) is 14.7 Å². The largest absolute Gasteiger partial charge is 0.480 e. The second-order valence-electron chi connectivity index (χ2n) is 9.69. The maximum atomic E-state index is 13.5. The number of aliphatic carboxylic acids is 1. The molecule has 8 heteroatoms. The van der Waals surface area contributed by atoms with Crippen molar-refractivity contribution < 1.29 is 24.2 Å². The Morgan fingerprint density at radius 2 is 1.75 bits per heavy atom. The van der Waals surface area contributed by atoms with Gasteiger partial charge in [-0.15, -0.1) is 0 Å². The number of hydrogen-bond acceptors (Lipinski definition) is 5. The highest BCUT2D eigenvalue weighted by atomic mass is 79.9. The summed E-state index contributed by atoms with van der Waals surface area (Å²) in [6, 6.07) is 19.8. The number of carboxylic acids is 1. The van der Waals surface area contributed by atoms with Crippen LogP contribution in [0, 0.1) is 5.92 Å². The summed E-state index contributed by atoms with van der Waals surface area (Å²) in [6.07, 6.45) is 2.62. The Kier molecular flexibility index (Phi) is 5.80. The van der Waals surface area contributed by atoms with Gasteiger partial charge in [0.25, 0.3) is 0 Å². The van der Waals surface area contributed by atoms with Crippen molar-refractivity contribution >= 4 is 28.0 Å². The average Bonchev–Trinajstić information content (AvgIpc) is 3.57. The molecule has 3 unspecified atom stereocenters. The van der Waals surface area contributed by atoms with Gasteiger partial charge in [-0.25, -0.2) is 14.6 Å². The van der Waals surface area contributed by atoms with E-state index in [1.807, 2.05) is 30.3 Å². The molecule has 6 rings (SSSR count). The zero-order valence-corrected chi connectivity index (χ0v) is 21.1. The SMILES string of the molecule is O=C(O)COC1(c2cccnc2Br)CC2CC1N(C(=O)OCC1c3ccccc3-c3ccccc31)C2. The van der Waals surface area contributed by atoms with Crippen molar-refractivity contribution in [3.05, 3.63) is 88.2 Å². The topological polar surface area (TPSA) is 89.0 Å². The summed E-state index contributed by atoms with van der Waals surface area (Å²) in [5.74, 6) is -0.886. The monoisotopic (exact) mass is 548 g/mol. The molecular weight excluding hydrogens is 524 g/mol. The molecule has 2 bridgehead atoms. The molecule has 1 saturated heterocycles. The second kappa shape index (κ2) is 9.01. The maximum absolute atomic E-state index is 13.5. The molecule has 1 N–H and O–H groups in total. The third kappa shape index (κ3) is 3.71. The molecule has 2 fully saturated rings. The first-order valence-corrected chi connectivity index (χ1v) is 12.9. The summed E-state index contributed by atoms with van der Waals surface area (Å²) < 4.78 is 12.6. The highest BCUT2D eigenvalue weighted by Crippen LogP contribution is 2.54. The fraction of sp³-hybridized carbons (Fsp3) is 0.321. The zero-order valence-electron chi connectivity index (χ0n) is 19.5. The summed E-state index contributed by atoms with van der Waals surface area (Å²) in [4.78, 5) is 31.0. The van der Waals surface area contributed by atoms with Gasteiger partial charge in [-0.1, -0.05) is 54.6 Å². The number of carbonyl (C=O) groups excluding carboxylic acids is 1. The molecule has 2 aliphatic carbocycles. The van der Waals surface area contributed by atoms with Crippen LogP contribution in [0.15, 0.2) is 71.5 Å². The van der Waals surface area contributed by atoms with Crippen molar-refractivity contribution in [2.75, 3.05) is 19.8 Å². The van der Waals surface area contributed by atoms with Crippen molar-refractivity contribution in [1.82, 2.24) is 9.88 Å². The standard InChI is InChI=1S/C28H25BrN2O5/c29-26-23(10-5-11-30-26)28(36-16-25(32)33)13-17-12-24(28)31(14-17)27(34)35-15-22-20-8-3-1-6-18(20)19-7-2-4-9-21(19)22/h1-11,17,22,24H,12-16H2,(H,32,33). The number of aromatic nitrogens is 1. The second-order valence-corrected chi connectivity index (χ2v) is 10.4. The Hall–Kier alpha value is -3.23. The third-order valence-corrected chi connectivity index (χ3v) is 8.39. The van der Waals surface area contributed by atoms with Crippen LogP contribution in [0.1, 0.15) is 35.4 Å². The van der Waals surface area contributed by atoms with Gasteiger partial charge in [-0.05, 0) is 63.0 Å². The van der Waals surface area contributed by atoms with Gasteiger partial charge >= 0.3 is 12.1 Å². The van der Waals surface area contributed by atoms with Gasteiger partial charge in [0, 0.05) is 24.2 Å². The molecule has 1 saturated carbocycles. The molecule has 2 heterocycles. The Balaban J connectivity index is 1.25. The summed E-state index contributed by atoms with van der Waals surface area (Å²) in [7, 11) is 0. The highest BCUT2D eigenvalue weighted by molar-refractivity contribution is 9.10. The number of piperidine rings is 1. The van der Waals surface area contributed by atoms with Crippen LogP contribution in [0.3, 0.4) is 0 Å². The first kappa shape index (κ1) is 23.2. The molecule has 1 aliphatic heterocycles. The molecule has 0 radical (unpaired) electrons. The number of carboxylic acid groups (broad SMARTS) is 1. The number of amides is 1. The number of benzene rings is 2. The minimum atomic E-state index is -1.05. The number of fused-ring (bicyclic) bond motifs is 5. The van der Waals surface area contributed by atoms with Crippen molar-refractivity contribution in [3.63, 3.8) is 0 Å². The molecule has 7 nitrogen and oxygen atoms in total. The number of likely N-dealkylation sites (tertiary alicyclic amines) is 1. The molecule has 3 atom stereocenters. The number of hydrogen-bond donors (Lipinski definition) is 1. The van der Waals surface area contributed by atoms with E-state index in [2.05, 4.69) is 45.2 Å². The Morgan fingerprint density at radius 1 is 1.06 bits per heavy atom. The lowest BCUT2D eigenvalue weighted by molar-refractivity contribution is -0.157. The lowest BCUT2D eigenvalue weighted by Gasteiger charge is -2.43. The van der Waals surface area contributed by atoms with Crippen molar-refractivity contribution in [1.29, 1.82) is 0 Å². The number of halogens is 1. The van der Waals surface area contributed by atoms with Gasteiger partial charge in [-0.3, -0.25) is 0 Å². The molecule has 1 aromatic heterocycles. The van der Waals surface area contributed by atoms with E-state index in [1.54, 1.807) is 17.2 Å². The fourth-order valence-corrected chi connectivity index (χ4v) is 6.96. The first-order valence-electron chi connectivity index (χ1n) is 12.1. The number of carbonyl (C=O) groups is 2. The normalized spacial score (nSPS) is 24.0. The van der Waals surface area contributed by atoms with E-state index in [4.69, 9.17) is 9.47 Å². The van der Waals surface area contributed by atoms with Crippen molar-refractivity contribution in [2.45, 2.75) is 30.4 Å². The quantitative estimate of drug-likeness (QED) is 0.426. The van der Waals surface area contributed by atoms with Gasteiger partial charge in [0.05, 0.1) is 6.04 Å². The fourth-order valence-electron chi connectivity index (χ4n) is 6.37. The van der Waals surface area contributed by atoms with E-state index in [0.717, 1.165) is 23.1 Å². The van der Waals surface area contributed by atoms with Gasteiger partial charge in [-0.2, -0.15) is 0 Å². The van der Waals surface area contributed by atoms with Crippen LogP contribution in [0.4, 0.5) is 4.79 Å². The van der Waals surface area contributed by atoms with Crippen LogP contribution in [-0.4, -0.2) is 52.9 Å². The smallest absolute Gasteiger partial charge is 0.410 e.